The fourth-order valence-electron chi connectivity index (χ4n) is 2.64. The average Bonchev–Trinajstić information content (AvgIpc) is 3.03. The topological polar surface area (TPSA) is 84.9 Å². The number of hydrogen-bond donors (Lipinski definition) is 2. The fraction of sp³-hybridized carbons (Fsp3) is 0.625. The SMILES string of the molecule is CCNC(=NCc1ncnn1C)NC(C)Cc1c(C)nn(C)c1C. The van der Waals surface area contributed by atoms with Gasteiger partial charge in [-0.2, -0.15) is 10.2 Å². The van der Waals surface area contributed by atoms with Crippen molar-refractivity contribution in [1.29, 1.82) is 0 Å². The predicted octanol–water partition coefficient (Wildman–Crippen LogP) is 0.852. The summed E-state index contributed by atoms with van der Waals surface area (Å²) in [7, 11) is 3.85. The predicted molar refractivity (Wildman–Crippen MR) is 94.8 cm³/mol. The maximum Gasteiger partial charge on any atom is 0.191 e. The van der Waals surface area contributed by atoms with Crippen LogP contribution in [0.25, 0.3) is 0 Å². The molecule has 8 heteroatoms. The van der Waals surface area contributed by atoms with E-state index in [1.807, 2.05) is 18.8 Å². The Morgan fingerprint density at radius 2 is 2.04 bits per heavy atom. The molecule has 1 unspecified atom stereocenters. The van der Waals surface area contributed by atoms with E-state index in [4.69, 9.17) is 0 Å². The highest BCUT2D eigenvalue weighted by Gasteiger charge is 2.14. The lowest BCUT2D eigenvalue weighted by atomic mass is 10.1. The van der Waals surface area contributed by atoms with E-state index in [0.29, 0.717) is 6.54 Å². The van der Waals surface area contributed by atoms with Gasteiger partial charge in [-0.1, -0.05) is 0 Å². The van der Waals surface area contributed by atoms with Crippen LogP contribution in [-0.4, -0.2) is 43.1 Å². The minimum Gasteiger partial charge on any atom is -0.357 e. The van der Waals surface area contributed by atoms with Gasteiger partial charge < -0.3 is 10.6 Å². The Morgan fingerprint density at radius 3 is 2.58 bits per heavy atom. The van der Waals surface area contributed by atoms with Gasteiger partial charge in [-0.3, -0.25) is 9.36 Å². The van der Waals surface area contributed by atoms with E-state index < -0.39 is 0 Å². The van der Waals surface area contributed by atoms with Gasteiger partial charge in [0, 0.05) is 32.4 Å². The van der Waals surface area contributed by atoms with E-state index in [9.17, 15) is 0 Å². The van der Waals surface area contributed by atoms with Crippen molar-refractivity contribution < 1.29 is 0 Å². The highest BCUT2D eigenvalue weighted by Crippen LogP contribution is 2.14. The van der Waals surface area contributed by atoms with Crippen molar-refractivity contribution in [2.75, 3.05) is 6.54 Å². The van der Waals surface area contributed by atoms with Gasteiger partial charge in [0.2, 0.25) is 0 Å². The molecule has 0 saturated heterocycles. The molecular formula is C16H28N8. The van der Waals surface area contributed by atoms with Crippen molar-refractivity contribution in [2.45, 2.75) is 46.7 Å². The summed E-state index contributed by atoms with van der Waals surface area (Å²) in [4.78, 5) is 8.80. The second-order valence-electron chi connectivity index (χ2n) is 6.02. The van der Waals surface area contributed by atoms with E-state index in [1.54, 1.807) is 11.0 Å². The summed E-state index contributed by atoms with van der Waals surface area (Å²) in [5.41, 5.74) is 3.59. The molecular weight excluding hydrogens is 304 g/mol. The molecule has 0 radical (unpaired) electrons. The summed E-state index contributed by atoms with van der Waals surface area (Å²) >= 11 is 0. The molecule has 0 aromatic carbocycles. The number of guanidine groups is 1. The standard InChI is InChI=1S/C16H28N8/c1-7-17-16(18-9-15-19-10-20-24(15)6)21-11(2)8-14-12(3)22-23(5)13(14)4/h10-11H,7-9H2,1-6H3,(H2,17,18,21). The highest BCUT2D eigenvalue weighted by molar-refractivity contribution is 5.80. The van der Waals surface area contributed by atoms with E-state index in [0.717, 1.165) is 30.4 Å². The first kappa shape index (κ1) is 18.0. The number of aliphatic imine (C=N–C) groups is 1. The molecule has 2 aromatic rings. The lowest BCUT2D eigenvalue weighted by Gasteiger charge is -2.18. The van der Waals surface area contributed by atoms with Crippen molar-refractivity contribution in [3.8, 4) is 0 Å². The van der Waals surface area contributed by atoms with E-state index in [-0.39, 0.29) is 6.04 Å². The average molecular weight is 332 g/mol. The highest BCUT2D eigenvalue weighted by atomic mass is 15.3. The monoisotopic (exact) mass is 332 g/mol. The van der Waals surface area contributed by atoms with Crippen LogP contribution in [0.4, 0.5) is 0 Å². The third-order valence-corrected chi connectivity index (χ3v) is 4.08. The molecule has 0 bridgehead atoms. The van der Waals surface area contributed by atoms with Crippen molar-refractivity contribution in [2.24, 2.45) is 19.1 Å². The quantitative estimate of drug-likeness (QED) is 0.605. The summed E-state index contributed by atoms with van der Waals surface area (Å²) in [6, 6.07) is 0.240. The number of aromatic nitrogens is 5. The number of nitrogens with one attached hydrogen (secondary N) is 2. The molecule has 2 N–H and O–H groups in total. The third-order valence-electron chi connectivity index (χ3n) is 4.08. The van der Waals surface area contributed by atoms with Crippen LogP contribution in [0.5, 0.6) is 0 Å². The molecule has 2 heterocycles. The Labute approximate surface area is 143 Å². The molecule has 0 saturated carbocycles. The Morgan fingerprint density at radius 1 is 1.29 bits per heavy atom. The molecule has 2 rings (SSSR count). The Kier molecular flexibility index (Phi) is 5.94. The molecule has 0 amide bonds. The summed E-state index contributed by atoms with van der Waals surface area (Å²) in [5.74, 6) is 1.62. The van der Waals surface area contributed by atoms with Crippen molar-refractivity contribution in [1.82, 2.24) is 35.2 Å². The van der Waals surface area contributed by atoms with Crippen LogP contribution >= 0.6 is 0 Å². The smallest absolute Gasteiger partial charge is 0.191 e. The van der Waals surface area contributed by atoms with Crippen LogP contribution in [-0.2, 0) is 27.1 Å². The van der Waals surface area contributed by atoms with Gasteiger partial charge in [0.1, 0.15) is 18.7 Å². The molecule has 0 spiro atoms. The van der Waals surface area contributed by atoms with Crippen LogP contribution < -0.4 is 10.6 Å². The molecule has 8 nitrogen and oxygen atoms in total. The van der Waals surface area contributed by atoms with Crippen molar-refractivity contribution >= 4 is 5.96 Å². The summed E-state index contributed by atoms with van der Waals surface area (Å²) in [6.45, 7) is 9.67. The summed E-state index contributed by atoms with van der Waals surface area (Å²) in [6.07, 6.45) is 2.45. The van der Waals surface area contributed by atoms with E-state index >= 15 is 0 Å². The van der Waals surface area contributed by atoms with E-state index in [1.165, 1.54) is 11.3 Å². The van der Waals surface area contributed by atoms with Crippen LogP contribution in [0.15, 0.2) is 11.3 Å². The molecule has 2 aromatic heterocycles. The first-order valence-electron chi connectivity index (χ1n) is 8.29. The molecule has 0 aliphatic carbocycles. The van der Waals surface area contributed by atoms with Crippen LogP contribution in [0.2, 0.25) is 0 Å². The molecule has 0 aliphatic heterocycles. The minimum absolute atomic E-state index is 0.240. The lowest BCUT2D eigenvalue weighted by molar-refractivity contribution is 0.632. The molecule has 0 aliphatic rings. The second kappa shape index (κ2) is 7.94. The molecule has 0 fully saturated rings. The van der Waals surface area contributed by atoms with Gasteiger partial charge in [-0.25, -0.2) is 9.98 Å². The zero-order valence-corrected chi connectivity index (χ0v) is 15.5. The maximum absolute atomic E-state index is 4.60. The molecule has 132 valence electrons. The first-order chi connectivity index (χ1) is 11.4. The van der Waals surface area contributed by atoms with Crippen LogP contribution in [0.3, 0.4) is 0 Å². The fourth-order valence-corrected chi connectivity index (χ4v) is 2.64. The number of aryl methyl sites for hydroxylation is 3. The number of nitrogens with zero attached hydrogens (tertiary/aromatic N) is 6. The zero-order chi connectivity index (χ0) is 17.7. The number of hydrogen-bond acceptors (Lipinski definition) is 4. The van der Waals surface area contributed by atoms with Gasteiger partial charge in [-0.05, 0) is 39.7 Å². The maximum atomic E-state index is 4.60. The van der Waals surface area contributed by atoms with Crippen LogP contribution in [0, 0.1) is 13.8 Å². The van der Waals surface area contributed by atoms with Crippen molar-refractivity contribution in [3.05, 3.63) is 29.1 Å². The molecule has 1 atom stereocenters. The van der Waals surface area contributed by atoms with Gasteiger partial charge in [0.05, 0.1) is 5.69 Å². The zero-order valence-electron chi connectivity index (χ0n) is 15.5. The lowest BCUT2D eigenvalue weighted by Crippen LogP contribution is -2.43. The van der Waals surface area contributed by atoms with Crippen LogP contribution in [0.1, 0.15) is 36.6 Å². The summed E-state index contributed by atoms with van der Waals surface area (Å²) in [5, 5.41) is 15.3. The summed E-state index contributed by atoms with van der Waals surface area (Å²) < 4.78 is 3.67. The largest absolute Gasteiger partial charge is 0.357 e. The van der Waals surface area contributed by atoms with Crippen molar-refractivity contribution in [3.63, 3.8) is 0 Å². The van der Waals surface area contributed by atoms with Gasteiger partial charge in [-0.15, -0.1) is 0 Å². The van der Waals surface area contributed by atoms with E-state index in [2.05, 4.69) is 58.5 Å². The first-order valence-corrected chi connectivity index (χ1v) is 8.29. The second-order valence-corrected chi connectivity index (χ2v) is 6.02. The Balaban J connectivity index is 2.02. The van der Waals surface area contributed by atoms with Gasteiger partial charge >= 0.3 is 0 Å². The van der Waals surface area contributed by atoms with Gasteiger partial charge in [0.15, 0.2) is 5.96 Å². The van der Waals surface area contributed by atoms with Gasteiger partial charge in [0.25, 0.3) is 0 Å². The Hall–Kier alpha value is -2.38. The number of rotatable bonds is 6. The molecule has 24 heavy (non-hydrogen) atoms. The Bertz CT molecular complexity index is 697. The normalized spacial score (nSPS) is 13.2. The minimum atomic E-state index is 0.240. The third kappa shape index (κ3) is 4.33.